The summed E-state index contributed by atoms with van der Waals surface area (Å²) in [5, 5.41) is 0. The minimum Gasteiger partial charge on any atom is -0.497 e. The van der Waals surface area contributed by atoms with Crippen molar-refractivity contribution in [2.75, 3.05) is 13.7 Å². The van der Waals surface area contributed by atoms with Crippen LogP contribution in [0.25, 0.3) is 0 Å². The van der Waals surface area contributed by atoms with Crippen molar-refractivity contribution in [2.45, 2.75) is 91.5 Å². The number of benzene rings is 1. The number of ether oxygens (including phenoxy) is 2. The van der Waals surface area contributed by atoms with Gasteiger partial charge in [-0.1, -0.05) is 65.3 Å². The van der Waals surface area contributed by atoms with E-state index in [2.05, 4.69) is 71.7 Å². The Morgan fingerprint density at radius 1 is 1.03 bits per heavy atom. The molecule has 0 heterocycles. The molecule has 3 nitrogen and oxygen atoms in total. The summed E-state index contributed by atoms with van der Waals surface area (Å²) in [5.41, 5.74) is 5.61. The molecule has 0 radical (unpaired) electrons. The molecule has 0 bridgehead atoms. The van der Waals surface area contributed by atoms with E-state index in [9.17, 15) is 0 Å². The summed E-state index contributed by atoms with van der Waals surface area (Å²) in [6.45, 7) is 21.1. The molecule has 1 aromatic carbocycles. The Morgan fingerprint density at radius 2 is 1.66 bits per heavy atom. The van der Waals surface area contributed by atoms with Crippen molar-refractivity contribution < 1.29 is 13.9 Å². The Balaban J connectivity index is 2.49. The molecule has 0 spiro atoms. The molecule has 0 unspecified atom stereocenters. The summed E-state index contributed by atoms with van der Waals surface area (Å²) in [4.78, 5) is 0. The molecular formula is C28H46O3Si. The van der Waals surface area contributed by atoms with Crippen molar-refractivity contribution in [1.29, 1.82) is 0 Å². The lowest BCUT2D eigenvalue weighted by Gasteiger charge is -2.38. The standard InChI is InChI=1S/C28H46O3Si/c1-10-19-32(22(3)4,23(5)6)31-28(11-2)25(8)20-24(7)13-12-18-30-21-26-14-16-27(29-9)17-15-26/h11,14-17,22-25,28H,2,12-13,18,20-21H2,1,3-9H3/t24-,25-,28-/m0/s1. The average molecular weight is 459 g/mol. The third-order valence-corrected chi connectivity index (χ3v) is 11.1. The maximum Gasteiger partial charge on any atom is 0.277 e. The van der Waals surface area contributed by atoms with E-state index >= 15 is 0 Å². The van der Waals surface area contributed by atoms with Crippen LogP contribution in [0.5, 0.6) is 5.75 Å². The fourth-order valence-corrected chi connectivity index (χ4v) is 8.09. The van der Waals surface area contributed by atoms with E-state index in [1.807, 2.05) is 25.1 Å². The second-order valence-corrected chi connectivity index (χ2v) is 14.0. The van der Waals surface area contributed by atoms with Gasteiger partial charge in [0.05, 0.1) is 19.8 Å². The molecule has 0 saturated heterocycles. The first-order valence-corrected chi connectivity index (χ1v) is 14.2. The third-order valence-electron chi connectivity index (χ3n) is 6.35. The van der Waals surface area contributed by atoms with Crippen LogP contribution >= 0.6 is 0 Å². The van der Waals surface area contributed by atoms with Crippen molar-refractivity contribution in [3.05, 3.63) is 42.5 Å². The third kappa shape index (κ3) is 8.77. The topological polar surface area (TPSA) is 27.7 Å². The molecule has 1 rings (SSSR count). The van der Waals surface area contributed by atoms with Crippen molar-refractivity contribution >= 4 is 8.32 Å². The minimum atomic E-state index is -2.18. The highest BCUT2D eigenvalue weighted by Crippen LogP contribution is 2.36. The molecule has 0 aliphatic heterocycles. The van der Waals surface area contributed by atoms with Crippen LogP contribution in [0.2, 0.25) is 11.1 Å². The lowest BCUT2D eigenvalue weighted by Crippen LogP contribution is -2.47. The quantitative estimate of drug-likeness (QED) is 0.117. The summed E-state index contributed by atoms with van der Waals surface area (Å²) in [6, 6.07) is 8.06. The predicted molar refractivity (Wildman–Crippen MR) is 139 cm³/mol. The van der Waals surface area contributed by atoms with E-state index in [-0.39, 0.29) is 6.10 Å². The molecule has 0 saturated carbocycles. The zero-order valence-electron chi connectivity index (χ0n) is 21.7. The first-order valence-electron chi connectivity index (χ1n) is 12.1. The van der Waals surface area contributed by atoms with Crippen LogP contribution in [-0.4, -0.2) is 28.1 Å². The van der Waals surface area contributed by atoms with Crippen LogP contribution in [0.4, 0.5) is 0 Å². The second-order valence-electron chi connectivity index (χ2n) is 9.66. The van der Waals surface area contributed by atoms with E-state index in [0.717, 1.165) is 31.6 Å². The summed E-state index contributed by atoms with van der Waals surface area (Å²) in [7, 11) is -0.499. The molecule has 0 amide bonds. The van der Waals surface area contributed by atoms with E-state index in [1.165, 1.54) is 5.56 Å². The largest absolute Gasteiger partial charge is 0.497 e. The number of rotatable bonds is 15. The van der Waals surface area contributed by atoms with Crippen LogP contribution in [0, 0.1) is 23.3 Å². The summed E-state index contributed by atoms with van der Waals surface area (Å²) in [6.07, 6.45) is 5.40. The lowest BCUT2D eigenvalue weighted by molar-refractivity contribution is 0.110. The predicted octanol–water partition coefficient (Wildman–Crippen LogP) is 7.55. The van der Waals surface area contributed by atoms with Gasteiger partial charge < -0.3 is 13.9 Å². The van der Waals surface area contributed by atoms with E-state index in [0.29, 0.717) is 29.5 Å². The van der Waals surface area contributed by atoms with Gasteiger partial charge in [-0.3, -0.25) is 0 Å². The van der Waals surface area contributed by atoms with Gasteiger partial charge in [0.25, 0.3) is 8.32 Å². The molecule has 0 aliphatic carbocycles. The zero-order valence-corrected chi connectivity index (χ0v) is 22.7. The minimum absolute atomic E-state index is 0.0566. The molecule has 3 atom stereocenters. The maximum atomic E-state index is 6.84. The van der Waals surface area contributed by atoms with Gasteiger partial charge >= 0.3 is 0 Å². The highest BCUT2D eigenvalue weighted by atomic mass is 28.4. The molecule has 1 aromatic rings. The lowest BCUT2D eigenvalue weighted by atomic mass is 9.90. The normalized spacial score (nSPS) is 14.6. The highest BCUT2D eigenvalue weighted by Gasteiger charge is 2.43. The molecule has 0 fully saturated rings. The van der Waals surface area contributed by atoms with Gasteiger partial charge in [0.2, 0.25) is 0 Å². The van der Waals surface area contributed by atoms with Gasteiger partial charge in [0.15, 0.2) is 0 Å². The second kappa shape index (κ2) is 14.6. The average Bonchev–Trinajstić information content (AvgIpc) is 2.76. The van der Waals surface area contributed by atoms with Crippen molar-refractivity contribution in [3.63, 3.8) is 0 Å². The van der Waals surface area contributed by atoms with Gasteiger partial charge in [-0.15, -0.1) is 12.5 Å². The fraction of sp³-hybridized carbons (Fsp3) is 0.643. The highest BCUT2D eigenvalue weighted by molar-refractivity contribution is 6.84. The van der Waals surface area contributed by atoms with Crippen LogP contribution in [0.3, 0.4) is 0 Å². The SMILES string of the molecule is C=C[C@H](O[Si](C#CC)(C(C)C)C(C)C)[C@@H](C)C[C@@H](C)CCCOCc1ccc(OC)cc1. The van der Waals surface area contributed by atoms with Gasteiger partial charge in [-0.25, -0.2) is 0 Å². The van der Waals surface area contributed by atoms with Crippen molar-refractivity contribution in [3.8, 4) is 17.2 Å². The van der Waals surface area contributed by atoms with E-state index in [1.54, 1.807) is 7.11 Å². The van der Waals surface area contributed by atoms with Crippen LogP contribution in [-0.2, 0) is 15.8 Å². The monoisotopic (exact) mass is 458 g/mol. The molecule has 0 aromatic heterocycles. The number of methoxy groups -OCH3 is 1. The molecule has 0 aliphatic rings. The summed E-state index contributed by atoms with van der Waals surface area (Å²) in [5.74, 6) is 5.09. The Labute approximate surface area is 199 Å². The van der Waals surface area contributed by atoms with Crippen LogP contribution in [0.1, 0.15) is 73.3 Å². The Hall–Kier alpha value is -1.54. The zero-order chi connectivity index (χ0) is 24.1. The van der Waals surface area contributed by atoms with Gasteiger partial charge in [-0.2, -0.15) is 0 Å². The van der Waals surface area contributed by atoms with Gasteiger partial charge in [0, 0.05) is 6.61 Å². The fourth-order valence-electron chi connectivity index (χ4n) is 4.41. The Bertz CT molecular complexity index is 706. The molecule has 32 heavy (non-hydrogen) atoms. The summed E-state index contributed by atoms with van der Waals surface area (Å²) >= 11 is 0. The van der Waals surface area contributed by atoms with Crippen molar-refractivity contribution in [2.24, 2.45) is 11.8 Å². The molecule has 180 valence electrons. The number of hydrogen-bond donors (Lipinski definition) is 0. The van der Waals surface area contributed by atoms with Gasteiger partial charge in [-0.05, 0) is 66.8 Å². The number of hydrogen-bond acceptors (Lipinski definition) is 3. The molecule has 4 heteroatoms. The molecule has 0 N–H and O–H groups in total. The smallest absolute Gasteiger partial charge is 0.277 e. The Morgan fingerprint density at radius 3 is 2.16 bits per heavy atom. The molecular weight excluding hydrogens is 412 g/mol. The Kier molecular flexibility index (Phi) is 13.0. The van der Waals surface area contributed by atoms with Crippen molar-refractivity contribution in [1.82, 2.24) is 0 Å². The van der Waals surface area contributed by atoms with Gasteiger partial charge in [0.1, 0.15) is 5.75 Å². The van der Waals surface area contributed by atoms with E-state index < -0.39 is 8.32 Å². The maximum absolute atomic E-state index is 6.84. The first-order chi connectivity index (χ1) is 15.2. The van der Waals surface area contributed by atoms with E-state index in [4.69, 9.17) is 13.9 Å². The van der Waals surface area contributed by atoms with Crippen LogP contribution in [0.15, 0.2) is 36.9 Å². The summed E-state index contributed by atoms with van der Waals surface area (Å²) < 4.78 is 17.9. The first kappa shape index (κ1) is 28.5. The van der Waals surface area contributed by atoms with Crippen LogP contribution < -0.4 is 4.74 Å².